The zero-order valence-corrected chi connectivity index (χ0v) is 7.75. The van der Waals surface area contributed by atoms with Gasteiger partial charge in [0.1, 0.15) is 0 Å². The highest BCUT2D eigenvalue weighted by atomic mass is 16.3. The van der Waals surface area contributed by atoms with Crippen molar-refractivity contribution in [1.29, 1.82) is 0 Å². The molecule has 2 atom stereocenters. The third kappa shape index (κ3) is 2.17. The molecule has 1 fully saturated rings. The maximum absolute atomic E-state index is 9.40. The molecule has 0 aliphatic carbocycles. The summed E-state index contributed by atoms with van der Waals surface area (Å²) >= 11 is 0. The first-order valence-corrected chi connectivity index (χ1v) is 4.55. The van der Waals surface area contributed by atoms with Gasteiger partial charge in [-0.2, -0.15) is 0 Å². The molecule has 2 heteroatoms. The smallest absolute Gasteiger partial charge is 0.0667 e. The van der Waals surface area contributed by atoms with Gasteiger partial charge in [-0.25, -0.2) is 0 Å². The van der Waals surface area contributed by atoms with E-state index in [1.165, 1.54) is 0 Å². The largest absolute Gasteiger partial charge is 0.392 e. The van der Waals surface area contributed by atoms with Gasteiger partial charge in [-0.15, -0.1) is 0 Å². The maximum Gasteiger partial charge on any atom is 0.0667 e. The van der Waals surface area contributed by atoms with Gasteiger partial charge < -0.3 is 5.11 Å². The second-order valence-corrected chi connectivity index (χ2v) is 3.87. The molecule has 0 aromatic carbocycles. The van der Waals surface area contributed by atoms with Crippen LogP contribution in [0.2, 0.25) is 0 Å². The predicted molar refractivity (Wildman–Crippen MR) is 46.5 cm³/mol. The van der Waals surface area contributed by atoms with Crippen molar-refractivity contribution in [3.05, 3.63) is 0 Å². The predicted octanol–water partition coefficient (Wildman–Crippen LogP) is 1.24. The molecule has 1 aliphatic rings. The van der Waals surface area contributed by atoms with Crippen LogP contribution in [0, 0.1) is 0 Å². The molecular formula is C9H19NO. The van der Waals surface area contributed by atoms with E-state index in [-0.39, 0.29) is 6.10 Å². The van der Waals surface area contributed by atoms with Crippen LogP contribution in [0.15, 0.2) is 0 Å². The van der Waals surface area contributed by atoms with E-state index in [0.717, 1.165) is 19.4 Å². The van der Waals surface area contributed by atoms with Crippen LogP contribution >= 0.6 is 0 Å². The molecule has 1 saturated heterocycles. The molecule has 1 aliphatic heterocycles. The van der Waals surface area contributed by atoms with Crippen molar-refractivity contribution in [2.75, 3.05) is 6.54 Å². The van der Waals surface area contributed by atoms with E-state index in [4.69, 9.17) is 0 Å². The molecule has 0 saturated carbocycles. The van der Waals surface area contributed by atoms with Gasteiger partial charge in [0.15, 0.2) is 0 Å². The summed E-state index contributed by atoms with van der Waals surface area (Å²) in [7, 11) is 0. The molecule has 1 rings (SSSR count). The number of hydrogen-bond donors (Lipinski definition) is 1. The quantitative estimate of drug-likeness (QED) is 0.619. The highest BCUT2D eigenvalue weighted by Crippen LogP contribution is 2.18. The fourth-order valence-electron chi connectivity index (χ4n) is 1.83. The van der Waals surface area contributed by atoms with Crippen LogP contribution in [0.25, 0.3) is 0 Å². The van der Waals surface area contributed by atoms with E-state index < -0.39 is 0 Å². The highest BCUT2D eigenvalue weighted by molar-refractivity contribution is 4.80. The summed E-state index contributed by atoms with van der Waals surface area (Å²) in [6.45, 7) is 7.48. The van der Waals surface area contributed by atoms with Crippen LogP contribution in [0.3, 0.4) is 0 Å². The van der Waals surface area contributed by atoms with Crippen LogP contribution in [-0.4, -0.2) is 34.7 Å². The first kappa shape index (κ1) is 9.01. The van der Waals surface area contributed by atoms with Crippen LogP contribution in [0.5, 0.6) is 0 Å². The van der Waals surface area contributed by atoms with Gasteiger partial charge in [0.05, 0.1) is 6.10 Å². The van der Waals surface area contributed by atoms with Crippen molar-refractivity contribution in [2.24, 2.45) is 0 Å². The van der Waals surface area contributed by atoms with Crippen molar-refractivity contribution in [3.63, 3.8) is 0 Å². The van der Waals surface area contributed by atoms with Gasteiger partial charge in [-0.3, -0.25) is 4.90 Å². The number of aliphatic hydroxyl groups excluding tert-OH is 1. The van der Waals surface area contributed by atoms with Gasteiger partial charge in [-0.1, -0.05) is 0 Å². The molecule has 1 N–H and O–H groups in total. The second-order valence-electron chi connectivity index (χ2n) is 3.87. The fourth-order valence-corrected chi connectivity index (χ4v) is 1.83. The van der Waals surface area contributed by atoms with E-state index in [1.807, 2.05) is 0 Å². The Morgan fingerprint density at radius 3 is 2.45 bits per heavy atom. The molecular weight excluding hydrogens is 138 g/mol. The zero-order chi connectivity index (χ0) is 8.43. The van der Waals surface area contributed by atoms with Crippen molar-refractivity contribution in [1.82, 2.24) is 4.90 Å². The van der Waals surface area contributed by atoms with Gasteiger partial charge in [0.2, 0.25) is 0 Å². The van der Waals surface area contributed by atoms with E-state index >= 15 is 0 Å². The summed E-state index contributed by atoms with van der Waals surface area (Å²) in [4.78, 5) is 2.37. The highest BCUT2D eigenvalue weighted by Gasteiger charge is 2.25. The average Bonchev–Trinajstić information content (AvgIpc) is 1.94. The molecule has 0 spiro atoms. The van der Waals surface area contributed by atoms with Crippen LogP contribution in [-0.2, 0) is 0 Å². The van der Waals surface area contributed by atoms with Gasteiger partial charge in [0, 0.05) is 18.6 Å². The standard InChI is InChI=1S/C9H19NO/c1-7(2)10-6-9(11)5-4-8(10)3/h7-9,11H,4-6H2,1-3H3/t8-,9-/m1/s1. The molecule has 0 bridgehead atoms. The molecule has 0 amide bonds. The lowest BCUT2D eigenvalue weighted by molar-refractivity contribution is 0.0234. The number of hydrogen-bond acceptors (Lipinski definition) is 2. The van der Waals surface area contributed by atoms with Gasteiger partial charge >= 0.3 is 0 Å². The van der Waals surface area contributed by atoms with E-state index in [9.17, 15) is 5.11 Å². The van der Waals surface area contributed by atoms with E-state index in [1.54, 1.807) is 0 Å². The molecule has 0 radical (unpaired) electrons. The minimum absolute atomic E-state index is 0.0893. The normalized spacial score (nSPS) is 34.6. The Labute approximate surface area is 69.2 Å². The number of likely N-dealkylation sites (tertiary alicyclic amines) is 1. The summed E-state index contributed by atoms with van der Waals surface area (Å²) in [5, 5.41) is 9.40. The topological polar surface area (TPSA) is 23.5 Å². The second kappa shape index (κ2) is 3.55. The van der Waals surface area contributed by atoms with E-state index in [2.05, 4.69) is 25.7 Å². The molecule has 66 valence electrons. The monoisotopic (exact) mass is 157 g/mol. The first-order chi connectivity index (χ1) is 5.11. The molecule has 2 nitrogen and oxygen atoms in total. The third-order valence-corrected chi connectivity index (χ3v) is 2.57. The fraction of sp³-hybridized carbons (Fsp3) is 1.00. The summed E-state index contributed by atoms with van der Waals surface area (Å²) < 4.78 is 0. The Hall–Kier alpha value is -0.0800. The Morgan fingerprint density at radius 2 is 2.00 bits per heavy atom. The lowest BCUT2D eigenvalue weighted by Crippen LogP contribution is -2.47. The molecule has 1 heterocycles. The summed E-state index contributed by atoms with van der Waals surface area (Å²) in [5.74, 6) is 0. The van der Waals surface area contributed by atoms with Crippen molar-refractivity contribution < 1.29 is 5.11 Å². The van der Waals surface area contributed by atoms with Crippen molar-refractivity contribution >= 4 is 0 Å². The third-order valence-electron chi connectivity index (χ3n) is 2.57. The SMILES string of the molecule is CC(C)N1C[C@H](O)CC[C@H]1C. The Kier molecular flexibility index (Phi) is 2.90. The van der Waals surface area contributed by atoms with Crippen LogP contribution in [0.4, 0.5) is 0 Å². The minimum atomic E-state index is -0.0893. The van der Waals surface area contributed by atoms with Gasteiger partial charge in [0.25, 0.3) is 0 Å². The molecule has 0 aromatic heterocycles. The summed E-state index contributed by atoms with van der Waals surface area (Å²) in [5.41, 5.74) is 0. The Balaban J connectivity index is 2.47. The van der Waals surface area contributed by atoms with Crippen molar-refractivity contribution in [3.8, 4) is 0 Å². The maximum atomic E-state index is 9.40. The first-order valence-electron chi connectivity index (χ1n) is 4.55. The van der Waals surface area contributed by atoms with E-state index in [0.29, 0.717) is 12.1 Å². The van der Waals surface area contributed by atoms with Crippen molar-refractivity contribution in [2.45, 2.75) is 51.8 Å². The van der Waals surface area contributed by atoms with Crippen LogP contribution < -0.4 is 0 Å². The number of aliphatic hydroxyl groups is 1. The zero-order valence-electron chi connectivity index (χ0n) is 7.75. The number of piperidine rings is 1. The summed E-state index contributed by atoms with van der Waals surface area (Å²) in [6, 6.07) is 1.22. The summed E-state index contributed by atoms with van der Waals surface area (Å²) in [6.07, 6.45) is 2.03. The molecule has 0 unspecified atom stereocenters. The minimum Gasteiger partial charge on any atom is -0.392 e. The number of β-amino-alcohol motifs (C(OH)–C–C–N with tert-alkyl or cyclic N) is 1. The number of rotatable bonds is 1. The average molecular weight is 157 g/mol. The Bertz CT molecular complexity index is 125. The molecule has 0 aromatic rings. The molecule has 11 heavy (non-hydrogen) atoms. The lowest BCUT2D eigenvalue weighted by Gasteiger charge is -2.38. The van der Waals surface area contributed by atoms with Gasteiger partial charge in [-0.05, 0) is 33.6 Å². The number of nitrogens with zero attached hydrogens (tertiary/aromatic N) is 1. The van der Waals surface area contributed by atoms with Crippen LogP contribution in [0.1, 0.15) is 33.6 Å². The lowest BCUT2D eigenvalue weighted by atomic mass is 10.00. The Morgan fingerprint density at radius 1 is 1.36 bits per heavy atom.